The molecule has 0 aromatic heterocycles. The van der Waals surface area contributed by atoms with Crippen LogP contribution < -0.4 is 24.8 Å². The fraction of sp³-hybridized carbons (Fsp3) is 0.400. The van der Waals surface area contributed by atoms with Crippen molar-refractivity contribution in [2.24, 2.45) is 0 Å². The van der Waals surface area contributed by atoms with Crippen LogP contribution in [-0.2, 0) is 9.47 Å². The van der Waals surface area contributed by atoms with Crippen LogP contribution >= 0.6 is 0 Å². The normalized spacial score (nSPS) is 15.5. The average Bonchev–Trinajstić information content (AvgIpc) is 2.21. The molecule has 5 heteroatoms. The molecule has 0 radical (unpaired) electrons. The third kappa shape index (κ3) is 5.38. The standard InChI is InChI=1S/C10H12O2.2ClH.Mg/c1-2-5-9(6-3-1)10-11-7-4-8-12-10;;;/h1-3,5-6,10H,4,7-8H2;2*1H;/q;;;+2/p-2. The molecular formula is C10H12Cl2MgO2. The molecule has 15 heavy (non-hydrogen) atoms. The van der Waals surface area contributed by atoms with Crippen molar-refractivity contribution in [3.63, 3.8) is 0 Å². The van der Waals surface area contributed by atoms with E-state index in [1.165, 1.54) is 0 Å². The summed E-state index contributed by atoms with van der Waals surface area (Å²) >= 11 is 0. The Morgan fingerprint density at radius 3 is 2.00 bits per heavy atom. The molecule has 0 bridgehead atoms. The summed E-state index contributed by atoms with van der Waals surface area (Å²) in [6.07, 6.45) is 0.864. The van der Waals surface area contributed by atoms with Gasteiger partial charge in [0.15, 0.2) is 6.29 Å². The third-order valence-electron chi connectivity index (χ3n) is 1.90. The first-order valence-electron chi connectivity index (χ1n) is 4.25. The predicted molar refractivity (Wildman–Crippen MR) is 51.5 cm³/mol. The number of hydrogen-bond donors (Lipinski definition) is 0. The van der Waals surface area contributed by atoms with Crippen molar-refractivity contribution in [1.82, 2.24) is 0 Å². The van der Waals surface area contributed by atoms with Gasteiger partial charge >= 0.3 is 23.1 Å². The molecule has 1 aromatic rings. The molecule has 0 spiro atoms. The molecule has 1 aliphatic rings. The molecule has 80 valence electrons. The Bertz CT molecular complexity index is 240. The zero-order valence-corrected chi connectivity index (χ0v) is 11.3. The van der Waals surface area contributed by atoms with Crippen LogP contribution in [0.1, 0.15) is 18.3 Å². The van der Waals surface area contributed by atoms with E-state index in [2.05, 4.69) is 0 Å². The van der Waals surface area contributed by atoms with Gasteiger partial charge in [0.2, 0.25) is 0 Å². The second-order valence-corrected chi connectivity index (χ2v) is 2.84. The zero-order chi connectivity index (χ0) is 8.23. The van der Waals surface area contributed by atoms with Gasteiger partial charge in [-0.3, -0.25) is 0 Å². The molecule has 0 amide bonds. The van der Waals surface area contributed by atoms with Gasteiger partial charge in [0, 0.05) is 5.56 Å². The molecule has 1 heterocycles. The Balaban J connectivity index is 0. The first-order valence-corrected chi connectivity index (χ1v) is 4.25. The summed E-state index contributed by atoms with van der Waals surface area (Å²) in [6, 6.07) is 10.0. The summed E-state index contributed by atoms with van der Waals surface area (Å²) in [5.41, 5.74) is 1.11. The predicted octanol–water partition coefficient (Wildman–Crippen LogP) is -4.25. The van der Waals surface area contributed by atoms with Crippen molar-refractivity contribution in [3.05, 3.63) is 35.9 Å². The van der Waals surface area contributed by atoms with Crippen LogP contribution in [-0.4, -0.2) is 36.3 Å². The SMILES string of the molecule is [Cl-].[Cl-].[Mg+2].c1ccc(C2OCCCO2)cc1. The number of halogens is 2. The number of benzene rings is 1. The molecule has 0 N–H and O–H groups in total. The van der Waals surface area contributed by atoms with Crippen molar-refractivity contribution in [2.45, 2.75) is 12.7 Å². The average molecular weight is 259 g/mol. The minimum absolute atomic E-state index is 0. The molecule has 0 aliphatic carbocycles. The first-order chi connectivity index (χ1) is 5.97. The maximum Gasteiger partial charge on any atom is 2.00 e. The van der Waals surface area contributed by atoms with Gasteiger partial charge in [0.25, 0.3) is 0 Å². The van der Waals surface area contributed by atoms with E-state index in [0.717, 1.165) is 25.2 Å². The Labute approximate surface area is 119 Å². The van der Waals surface area contributed by atoms with E-state index in [1.807, 2.05) is 30.3 Å². The molecule has 1 fully saturated rings. The minimum atomic E-state index is -0.139. The van der Waals surface area contributed by atoms with E-state index in [-0.39, 0.29) is 54.2 Å². The summed E-state index contributed by atoms with van der Waals surface area (Å²) in [7, 11) is 0. The van der Waals surface area contributed by atoms with Gasteiger partial charge in [0.1, 0.15) is 0 Å². The number of ether oxygens (including phenoxy) is 2. The minimum Gasteiger partial charge on any atom is -1.00 e. The van der Waals surface area contributed by atoms with E-state index in [9.17, 15) is 0 Å². The molecule has 0 unspecified atom stereocenters. The first kappa shape index (κ1) is 17.9. The fourth-order valence-corrected chi connectivity index (χ4v) is 1.29. The Kier molecular flexibility index (Phi) is 11.5. The van der Waals surface area contributed by atoms with Gasteiger partial charge < -0.3 is 34.3 Å². The molecular weight excluding hydrogens is 247 g/mol. The molecule has 1 aliphatic heterocycles. The Hall–Kier alpha value is 0.486. The number of rotatable bonds is 1. The van der Waals surface area contributed by atoms with Gasteiger partial charge in [-0.05, 0) is 6.42 Å². The maximum atomic E-state index is 5.44. The van der Waals surface area contributed by atoms with Gasteiger partial charge in [0.05, 0.1) is 13.2 Å². The van der Waals surface area contributed by atoms with Gasteiger partial charge in [-0.1, -0.05) is 30.3 Å². The van der Waals surface area contributed by atoms with E-state index in [1.54, 1.807) is 0 Å². The van der Waals surface area contributed by atoms with Gasteiger partial charge in [-0.25, -0.2) is 0 Å². The molecule has 2 rings (SSSR count). The van der Waals surface area contributed by atoms with E-state index in [4.69, 9.17) is 9.47 Å². The van der Waals surface area contributed by atoms with Crippen molar-refractivity contribution in [2.75, 3.05) is 13.2 Å². The molecule has 0 saturated carbocycles. The third-order valence-corrected chi connectivity index (χ3v) is 1.90. The van der Waals surface area contributed by atoms with Crippen LogP contribution in [0.3, 0.4) is 0 Å². The fourth-order valence-electron chi connectivity index (χ4n) is 1.29. The zero-order valence-electron chi connectivity index (χ0n) is 8.36. The topological polar surface area (TPSA) is 18.5 Å². The van der Waals surface area contributed by atoms with Gasteiger partial charge in [-0.2, -0.15) is 0 Å². The van der Waals surface area contributed by atoms with Crippen LogP contribution in [0.2, 0.25) is 0 Å². The van der Waals surface area contributed by atoms with Crippen LogP contribution in [0.4, 0.5) is 0 Å². The van der Waals surface area contributed by atoms with E-state index < -0.39 is 0 Å². The second-order valence-electron chi connectivity index (χ2n) is 2.84. The molecule has 1 aromatic carbocycles. The molecule has 1 saturated heterocycles. The largest absolute Gasteiger partial charge is 2.00 e. The van der Waals surface area contributed by atoms with Crippen LogP contribution in [0, 0.1) is 0 Å². The summed E-state index contributed by atoms with van der Waals surface area (Å²) in [5, 5.41) is 0. The summed E-state index contributed by atoms with van der Waals surface area (Å²) in [6.45, 7) is 1.61. The summed E-state index contributed by atoms with van der Waals surface area (Å²) < 4.78 is 10.9. The van der Waals surface area contributed by atoms with Crippen molar-refractivity contribution >= 4 is 23.1 Å². The van der Waals surface area contributed by atoms with Crippen LogP contribution in [0.15, 0.2) is 30.3 Å². The second kappa shape index (κ2) is 9.69. The smallest absolute Gasteiger partial charge is 1.00 e. The van der Waals surface area contributed by atoms with Crippen molar-refractivity contribution < 1.29 is 34.3 Å². The Morgan fingerprint density at radius 1 is 0.933 bits per heavy atom. The van der Waals surface area contributed by atoms with Crippen LogP contribution in [0.25, 0.3) is 0 Å². The Morgan fingerprint density at radius 2 is 1.47 bits per heavy atom. The molecule has 2 nitrogen and oxygen atoms in total. The van der Waals surface area contributed by atoms with E-state index >= 15 is 0 Å². The van der Waals surface area contributed by atoms with E-state index in [0.29, 0.717) is 0 Å². The van der Waals surface area contributed by atoms with Crippen molar-refractivity contribution in [1.29, 1.82) is 0 Å². The summed E-state index contributed by atoms with van der Waals surface area (Å²) in [4.78, 5) is 0. The van der Waals surface area contributed by atoms with Crippen molar-refractivity contribution in [3.8, 4) is 0 Å². The monoisotopic (exact) mass is 258 g/mol. The maximum absolute atomic E-state index is 5.44. The van der Waals surface area contributed by atoms with Gasteiger partial charge in [-0.15, -0.1) is 0 Å². The quantitative estimate of drug-likeness (QED) is 0.476. The number of hydrogen-bond acceptors (Lipinski definition) is 2. The van der Waals surface area contributed by atoms with Crippen LogP contribution in [0.5, 0.6) is 0 Å². The summed E-state index contributed by atoms with van der Waals surface area (Å²) in [5.74, 6) is 0. The molecule has 0 atom stereocenters.